The molecular weight excluding hydrogens is 262 g/mol. The van der Waals surface area contributed by atoms with Crippen LogP contribution < -0.4 is 10.7 Å². The van der Waals surface area contributed by atoms with E-state index in [-0.39, 0.29) is 16.9 Å². The molecule has 2 aromatic heterocycles. The second-order valence-corrected chi connectivity index (χ2v) is 4.08. The lowest BCUT2D eigenvalue weighted by Gasteiger charge is -2.05. The molecule has 0 atom stereocenters. The highest BCUT2D eigenvalue weighted by Crippen LogP contribution is 2.08. The first-order valence-electron chi connectivity index (χ1n) is 5.67. The topological polar surface area (TPSA) is 112 Å². The minimum Gasteiger partial charge on any atom is -0.478 e. The number of nitrogens with one attached hydrogen (secondary N) is 2. The largest absolute Gasteiger partial charge is 0.478 e. The Morgan fingerprint density at radius 3 is 2.75 bits per heavy atom. The minimum absolute atomic E-state index is 0.00637. The Bertz CT molecular complexity index is 736. The molecule has 3 N–H and O–H groups in total. The number of aromatic nitrogens is 2. The maximum atomic E-state index is 11.9. The van der Waals surface area contributed by atoms with Gasteiger partial charge < -0.3 is 15.4 Å². The summed E-state index contributed by atoms with van der Waals surface area (Å²) in [4.78, 5) is 41.0. The SMILES string of the molecule is Cc1cc(=O)c(C(=O)Nc2cc(C(=O)O)ccn2)c[nH]1. The number of pyridine rings is 2. The molecule has 0 aromatic carbocycles. The maximum Gasteiger partial charge on any atom is 0.335 e. The fourth-order valence-corrected chi connectivity index (χ4v) is 1.57. The van der Waals surface area contributed by atoms with Crippen LogP contribution in [0.3, 0.4) is 0 Å². The number of aromatic carboxylic acids is 1. The van der Waals surface area contributed by atoms with Gasteiger partial charge in [0.25, 0.3) is 5.91 Å². The number of hydrogen-bond donors (Lipinski definition) is 3. The number of aryl methyl sites for hydroxylation is 1. The predicted molar refractivity (Wildman–Crippen MR) is 70.9 cm³/mol. The molecule has 0 bridgehead atoms. The molecule has 0 unspecified atom stereocenters. The molecule has 1 amide bonds. The van der Waals surface area contributed by atoms with E-state index >= 15 is 0 Å². The van der Waals surface area contributed by atoms with Gasteiger partial charge in [0.2, 0.25) is 0 Å². The van der Waals surface area contributed by atoms with Crippen molar-refractivity contribution in [3.63, 3.8) is 0 Å². The van der Waals surface area contributed by atoms with Gasteiger partial charge in [0.05, 0.1) is 5.56 Å². The van der Waals surface area contributed by atoms with Crippen LogP contribution in [-0.2, 0) is 0 Å². The highest BCUT2D eigenvalue weighted by atomic mass is 16.4. The molecular formula is C13H11N3O4. The second kappa shape index (κ2) is 5.35. The van der Waals surface area contributed by atoms with Crippen LogP contribution in [0.1, 0.15) is 26.4 Å². The van der Waals surface area contributed by atoms with Crippen LogP contribution in [-0.4, -0.2) is 27.0 Å². The lowest BCUT2D eigenvalue weighted by Crippen LogP contribution is -2.22. The van der Waals surface area contributed by atoms with Crippen LogP contribution in [0.25, 0.3) is 0 Å². The molecule has 7 heteroatoms. The summed E-state index contributed by atoms with van der Waals surface area (Å²) in [6.07, 6.45) is 2.56. The van der Waals surface area contributed by atoms with E-state index in [4.69, 9.17) is 5.11 Å². The Morgan fingerprint density at radius 1 is 1.35 bits per heavy atom. The zero-order chi connectivity index (χ0) is 14.7. The average Bonchev–Trinajstić information content (AvgIpc) is 2.38. The summed E-state index contributed by atoms with van der Waals surface area (Å²) in [5.41, 5.74) is 0.136. The Morgan fingerprint density at radius 2 is 2.10 bits per heavy atom. The van der Waals surface area contributed by atoms with Crippen LogP contribution in [0, 0.1) is 6.92 Å². The van der Waals surface area contributed by atoms with Crippen LogP contribution in [0.2, 0.25) is 0 Å². The van der Waals surface area contributed by atoms with E-state index in [0.29, 0.717) is 5.69 Å². The maximum absolute atomic E-state index is 11.9. The normalized spacial score (nSPS) is 10.1. The molecule has 20 heavy (non-hydrogen) atoms. The third-order valence-electron chi connectivity index (χ3n) is 2.55. The van der Waals surface area contributed by atoms with E-state index in [1.165, 1.54) is 30.6 Å². The molecule has 0 saturated carbocycles. The van der Waals surface area contributed by atoms with Crippen molar-refractivity contribution < 1.29 is 14.7 Å². The molecule has 0 aliphatic carbocycles. The van der Waals surface area contributed by atoms with Crippen molar-refractivity contribution >= 4 is 17.7 Å². The highest BCUT2D eigenvalue weighted by Gasteiger charge is 2.12. The molecule has 7 nitrogen and oxygen atoms in total. The van der Waals surface area contributed by atoms with Crippen LogP contribution >= 0.6 is 0 Å². The third kappa shape index (κ3) is 2.89. The summed E-state index contributed by atoms with van der Waals surface area (Å²) in [7, 11) is 0. The first-order chi connectivity index (χ1) is 9.47. The smallest absolute Gasteiger partial charge is 0.335 e. The highest BCUT2D eigenvalue weighted by molar-refractivity contribution is 6.03. The molecule has 0 aliphatic heterocycles. The number of nitrogens with zero attached hydrogens (tertiary/aromatic N) is 1. The molecule has 2 rings (SSSR count). The summed E-state index contributed by atoms with van der Waals surface area (Å²) in [6.45, 7) is 1.70. The first-order valence-corrected chi connectivity index (χ1v) is 5.67. The van der Waals surface area contributed by atoms with Crippen molar-refractivity contribution in [3.8, 4) is 0 Å². The van der Waals surface area contributed by atoms with E-state index < -0.39 is 17.3 Å². The molecule has 0 saturated heterocycles. The van der Waals surface area contributed by atoms with Gasteiger partial charge in [-0.15, -0.1) is 0 Å². The first kappa shape index (κ1) is 13.5. The monoisotopic (exact) mass is 273 g/mol. The molecule has 102 valence electrons. The van der Waals surface area contributed by atoms with Crippen molar-refractivity contribution in [2.45, 2.75) is 6.92 Å². The van der Waals surface area contributed by atoms with E-state index in [1.54, 1.807) is 6.92 Å². The lowest BCUT2D eigenvalue weighted by atomic mass is 10.2. The van der Waals surface area contributed by atoms with Crippen LogP contribution in [0.5, 0.6) is 0 Å². The predicted octanol–water partition coefficient (Wildman–Crippen LogP) is 1.03. The molecule has 0 spiro atoms. The molecule has 0 radical (unpaired) electrons. The van der Waals surface area contributed by atoms with Gasteiger partial charge >= 0.3 is 5.97 Å². The number of carboxylic acids is 1. The van der Waals surface area contributed by atoms with Gasteiger partial charge in [0.15, 0.2) is 5.43 Å². The van der Waals surface area contributed by atoms with Crippen molar-refractivity contribution in [1.82, 2.24) is 9.97 Å². The number of carboxylic acid groups (broad SMARTS) is 1. The fourth-order valence-electron chi connectivity index (χ4n) is 1.57. The molecule has 2 heterocycles. The van der Waals surface area contributed by atoms with Crippen molar-refractivity contribution in [2.24, 2.45) is 0 Å². The van der Waals surface area contributed by atoms with Crippen LogP contribution in [0.15, 0.2) is 35.4 Å². The quantitative estimate of drug-likeness (QED) is 0.773. The van der Waals surface area contributed by atoms with Gasteiger partial charge in [-0.25, -0.2) is 9.78 Å². The third-order valence-corrected chi connectivity index (χ3v) is 2.55. The second-order valence-electron chi connectivity index (χ2n) is 4.08. The summed E-state index contributed by atoms with van der Waals surface area (Å²) in [5.74, 6) is -1.72. The Balaban J connectivity index is 2.25. The van der Waals surface area contributed by atoms with Crippen molar-refractivity contribution in [3.05, 3.63) is 57.6 Å². The van der Waals surface area contributed by atoms with Gasteiger partial charge in [-0.3, -0.25) is 9.59 Å². The minimum atomic E-state index is -1.13. The van der Waals surface area contributed by atoms with Gasteiger partial charge in [-0.05, 0) is 19.1 Å². The van der Waals surface area contributed by atoms with Crippen molar-refractivity contribution in [2.75, 3.05) is 5.32 Å². The van der Waals surface area contributed by atoms with Gasteiger partial charge in [0, 0.05) is 24.2 Å². The number of aromatic amines is 1. The fraction of sp³-hybridized carbons (Fsp3) is 0.0769. The number of H-pyrrole nitrogens is 1. The number of amides is 1. The summed E-state index contributed by atoms with van der Waals surface area (Å²) >= 11 is 0. The Hall–Kier alpha value is -2.96. The summed E-state index contributed by atoms with van der Waals surface area (Å²) in [5, 5.41) is 11.2. The Labute approximate surface area is 113 Å². The van der Waals surface area contributed by atoms with E-state index in [2.05, 4.69) is 15.3 Å². The van der Waals surface area contributed by atoms with E-state index in [0.717, 1.165) is 0 Å². The summed E-state index contributed by atoms with van der Waals surface area (Å²) in [6, 6.07) is 3.81. The lowest BCUT2D eigenvalue weighted by molar-refractivity contribution is 0.0696. The van der Waals surface area contributed by atoms with E-state index in [1.807, 2.05) is 0 Å². The van der Waals surface area contributed by atoms with Gasteiger partial charge in [-0.1, -0.05) is 0 Å². The van der Waals surface area contributed by atoms with Gasteiger partial charge in [-0.2, -0.15) is 0 Å². The number of carbonyl (C=O) groups excluding carboxylic acids is 1. The molecule has 2 aromatic rings. The molecule has 0 fully saturated rings. The number of carbonyl (C=O) groups is 2. The average molecular weight is 273 g/mol. The van der Waals surface area contributed by atoms with Crippen molar-refractivity contribution in [1.29, 1.82) is 0 Å². The number of rotatable bonds is 3. The van der Waals surface area contributed by atoms with E-state index in [9.17, 15) is 14.4 Å². The standard InChI is InChI=1S/C13H11N3O4/c1-7-4-10(17)9(6-15-7)12(18)16-11-5-8(13(19)20)2-3-14-11/h2-6H,1H3,(H,15,17)(H,19,20)(H,14,16,18). The zero-order valence-electron chi connectivity index (χ0n) is 10.5. The summed E-state index contributed by atoms with van der Waals surface area (Å²) < 4.78 is 0. The van der Waals surface area contributed by atoms with Gasteiger partial charge in [0.1, 0.15) is 11.4 Å². The number of anilines is 1. The number of hydrogen-bond acceptors (Lipinski definition) is 4. The molecule has 0 aliphatic rings. The zero-order valence-corrected chi connectivity index (χ0v) is 10.5. The Kier molecular flexibility index (Phi) is 3.60. The van der Waals surface area contributed by atoms with Crippen LogP contribution in [0.4, 0.5) is 5.82 Å².